The van der Waals surface area contributed by atoms with Gasteiger partial charge >= 0.3 is 0 Å². The number of Topliss-reactive ketones (excluding diaryl/α,β-unsaturated/α-hetero) is 1. The molecular weight excluding hydrogens is 379 g/mol. The third kappa shape index (κ3) is 5.23. The molecule has 1 N–H and O–H groups in total. The number of ether oxygens (including phenoxy) is 1. The van der Waals surface area contributed by atoms with Crippen molar-refractivity contribution in [1.82, 2.24) is 4.98 Å². The number of anilines is 1. The van der Waals surface area contributed by atoms with Crippen LogP contribution >= 0.6 is 11.3 Å². The normalized spacial score (nSPS) is 10.5. The number of benzene rings is 2. The van der Waals surface area contributed by atoms with Gasteiger partial charge in [0.2, 0.25) is 0 Å². The number of rotatable bonds is 7. The molecular formula is C21H19FN2O3S. The molecule has 144 valence electrons. The summed E-state index contributed by atoms with van der Waals surface area (Å²) in [5.74, 6) is -0.209. The Kier molecular flexibility index (Phi) is 6.16. The Hall–Kier alpha value is -3.06. The molecule has 0 atom stereocenters. The number of halogens is 1. The maximum Gasteiger partial charge on any atom is 0.264 e. The number of carbonyl (C=O) groups excluding carboxylic acids is 2. The molecule has 0 fully saturated rings. The number of ketones is 1. The maximum absolute atomic E-state index is 13.7. The highest BCUT2D eigenvalue weighted by Gasteiger charge is 2.10. The highest BCUT2D eigenvalue weighted by molar-refractivity contribution is 7.15. The van der Waals surface area contributed by atoms with Crippen molar-refractivity contribution in [1.29, 1.82) is 0 Å². The van der Waals surface area contributed by atoms with Crippen LogP contribution in [0.3, 0.4) is 0 Å². The molecule has 1 heterocycles. The van der Waals surface area contributed by atoms with E-state index in [1.54, 1.807) is 43.5 Å². The van der Waals surface area contributed by atoms with Crippen LogP contribution in [0.15, 0.2) is 48.7 Å². The van der Waals surface area contributed by atoms with Crippen LogP contribution in [0, 0.1) is 12.7 Å². The van der Waals surface area contributed by atoms with Gasteiger partial charge in [0.05, 0.1) is 0 Å². The Morgan fingerprint density at radius 3 is 2.79 bits per heavy atom. The van der Waals surface area contributed by atoms with E-state index in [9.17, 15) is 14.0 Å². The first-order chi connectivity index (χ1) is 13.4. The van der Waals surface area contributed by atoms with Crippen LogP contribution in [-0.4, -0.2) is 23.3 Å². The Bertz CT molecular complexity index is 1020. The van der Waals surface area contributed by atoms with Gasteiger partial charge in [-0.25, -0.2) is 9.37 Å². The number of aromatic nitrogens is 1. The van der Waals surface area contributed by atoms with Gasteiger partial charge in [-0.3, -0.25) is 14.9 Å². The van der Waals surface area contributed by atoms with E-state index < -0.39 is 0 Å². The zero-order chi connectivity index (χ0) is 20.1. The third-order valence-electron chi connectivity index (χ3n) is 4.03. The molecule has 0 spiro atoms. The van der Waals surface area contributed by atoms with Crippen LogP contribution in [0.2, 0.25) is 0 Å². The Morgan fingerprint density at radius 1 is 1.21 bits per heavy atom. The quantitative estimate of drug-likeness (QED) is 0.599. The number of carbonyl (C=O) groups is 2. The molecule has 1 aromatic heterocycles. The molecule has 0 saturated carbocycles. The number of hydrogen-bond donors (Lipinski definition) is 1. The van der Waals surface area contributed by atoms with E-state index in [1.807, 2.05) is 6.07 Å². The molecule has 3 aromatic rings. The second-order valence-corrected chi connectivity index (χ2v) is 7.43. The number of nitrogens with zero attached hydrogens (tertiary/aromatic N) is 1. The molecule has 7 heteroatoms. The third-order valence-corrected chi connectivity index (χ3v) is 4.94. The molecule has 0 unspecified atom stereocenters. The first kappa shape index (κ1) is 19.7. The van der Waals surface area contributed by atoms with Crippen LogP contribution in [0.1, 0.15) is 33.3 Å². The zero-order valence-corrected chi connectivity index (χ0v) is 16.3. The molecule has 5 nitrogen and oxygen atoms in total. The Morgan fingerprint density at radius 2 is 2.04 bits per heavy atom. The van der Waals surface area contributed by atoms with E-state index in [2.05, 4.69) is 10.3 Å². The van der Waals surface area contributed by atoms with Gasteiger partial charge in [-0.15, -0.1) is 11.3 Å². The molecule has 28 heavy (non-hydrogen) atoms. The Labute approximate surface area is 166 Å². The van der Waals surface area contributed by atoms with Gasteiger partial charge in [0, 0.05) is 23.1 Å². The molecule has 0 aliphatic carbocycles. The van der Waals surface area contributed by atoms with Crippen LogP contribution in [0.5, 0.6) is 5.75 Å². The molecule has 0 bridgehead atoms. The summed E-state index contributed by atoms with van der Waals surface area (Å²) in [6.07, 6.45) is 2.20. The highest BCUT2D eigenvalue weighted by Crippen LogP contribution is 2.22. The summed E-state index contributed by atoms with van der Waals surface area (Å²) >= 11 is 1.33. The average Bonchev–Trinajstić information content (AvgIpc) is 3.10. The fraction of sp³-hybridized carbons (Fsp3) is 0.190. The standard InChI is InChI=1S/C21H19FN2O3S/c1-13-6-7-15(9-19(13)22)8-18-11-23-21(28-18)24-20(26)12-27-17-5-3-4-16(10-17)14(2)25/h3-7,9-11H,8,12H2,1-2H3,(H,23,24,26). The average molecular weight is 398 g/mol. The van der Waals surface area contributed by atoms with Gasteiger partial charge < -0.3 is 4.74 Å². The summed E-state index contributed by atoms with van der Waals surface area (Å²) in [7, 11) is 0. The van der Waals surface area contributed by atoms with Crippen LogP contribution in [0.4, 0.5) is 9.52 Å². The number of hydrogen-bond acceptors (Lipinski definition) is 5. The van der Waals surface area contributed by atoms with E-state index in [0.717, 1.165) is 10.4 Å². The number of amides is 1. The predicted octanol–water partition coefficient (Wildman–Crippen LogP) is 4.40. The summed E-state index contributed by atoms with van der Waals surface area (Å²) in [4.78, 5) is 28.5. The van der Waals surface area contributed by atoms with E-state index in [-0.39, 0.29) is 24.1 Å². The van der Waals surface area contributed by atoms with E-state index in [4.69, 9.17) is 4.74 Å². The van der Waals surface area contributed by atoms with E-state index in [1.165, 1.54) is 24.3 Å². The lowest BCUT2D eigenvalue weighted by Crippen LogP contribution is -2.20. The monoisotopic (exact) mass is 398 g/mol. The first-order valence-electron chi connectivity index (χ1n) is 8.64. The molecule has 3 rings (SSSR count). The summed E-state index contributed by atoms with van der Waals surface area (Å²) < 4.78 is 19.1. The van der Waals surface area contributed by atoms with Gasteiger partial charge in [0.1, 0.15) is 11.6 Å². The number of aryl methyl sites for hydroxylation is 1. The molecule has 2 aromatic carbocycles. The van der Waals surface area contributed by atoms with Crippen LogP contribution < -0.4 is 10.1 Å². The fourth-order valence-corrected chi connectivity index (χ4v) is 3.37. The van der Waals surface area contributed by atoms with Crippen molar-refractivity contribution >= 4 is 28.2 Å². The summed E-state index contributed by atoms with van der Waals surface area (Å²) in [6.45, 7) is 2.99. The van der Waals surface area contributed by atoms with E-state index in [0.29, 0.717) is 28.4 Å². The zero-order valence-electron chi connectivity index (χ0n) is 15.5. The SMILES string of the molecule is CC(=O)c1cccc(OCC(=O)Nc2ncc(Cc3ccc(C)c(F)c3)s2)c1. The molecule has 0 saturated heterocycles. The lowest BCUT2D eigenvalue weighted by atomic mass is 10.1. The lowest BCUT2D eigenvalue weighted by molar-refractivity contribution is -0.118. The van der Waals surface area contributed by atoms with Crippen molar-refractivity contribution in [3.8, 4) is 5.75 Å². The number of nitrogens with one attached hydrogen (secondary N) is 1. The Balaban J connectivity index is 1.54. The largest absolute Gasteiger partial charge is 0.484 e. The van der Waals surface area contributed by atoms with Gasteiger partial charge in [-0.1, -0.05) is 24.3 Å². The lowest BCUT2D eigenvalue weighted by Gasteiger charge is -2.06. The maximum atomic E-state index is 13.7. The van der Waals surface area contributed by atoms with E-state index >= 15 is 0 Å². The summed E-state index contributed by atoms with van der Waals surface area (Å²) in [5, 5.41) is 3.13. The molecule has 0 aliphatic rings. The van der Waals surface area contributed by atoms with Crippen molar-refractivity contribution in [2.24, 2.45) is 0 Å². The van der Waals surface area contributed by atoms with Gasteiger partial charge in [-0.05, 0) is 43.2 Å². The predicted molar refractivity (Wildman–Crippen MR) is 107 cm³/mol. The smallest absolute Gasteiger partial charge is 0.264 e. The second kappa shape index (κ2) is 8.75. The van der Waals surface area contributed by atoms with Crippen molar-refractivity contribution in [2.45, 2.75) is 20.3 Å². The first-order valence-corrected chi connectivity index (χ1v) is 9.46. The second-order valence-electron chi connectivity index (χ2n) is 6.31. The van der Waals surface area contributed by atoms with Crippen molar-refractivity contribution < 1.29 is 18.7 Å². The van der Waals surface area contributed by atoms with Crippen LogP contribution in [0.25, 0.3) is 0 Å². The van der Waals surface area contributed by atoms with Gasteiger partial charge in [-0.2, -0.15) is 0 Å². The van der Waals surface area contributed by atoms with Crippen molar-refractivity contribution in [2.75, 3.05) is 11.9 Å². The summed E-state index contributed by atoms with van der Waals surface area (Å²) in [6, 6.07) is 11.8. The molecule has 0 radical (unpaired) electrons. The van der Waals surface area contributed by atoms with Crippen molar-refractivity contribution in [3.63, 3.8) is 0 Å². The molecule has 0 aliphatic heterocycles. The minimum atomic E-state index is -0.351. The number of thiazole rings is 1. The van der Waals surface area contributed by atoms with Crippen LogP contribution in [-0.2, 0) is 11.2 Å². The molecule has 1 amide bonds. The minimum absolute atomic E-state index is 0.0707. The minimum Gasteiger partial charge on any atom is -0.484 e. The highest BCUT2D eigenvalue weighted by atomic mass is 32.1. The fourth-order valence-electron chi connectivity index (χ4n) is 2.50. The van der Waals surface area contributed by atoms with Gasteiger partial charge in [0.25, 0.3) is 5.91 Å². The van der Waals surface area contributed by atoms with Crippen molar-refractivity contribution in [3.05, 3.63) is 76.0 Å². The topological polar surface area (TPSA) is 68.3 Å². The van der Waals surface area contributed by atoms with Gasteiger partial charge in [0.15, 0.2) is 17.5 Å². The summed E-state index contributed by atoms with van der Waals surface area (Å²) in [5.41, 5.74) is 1.98.